The van der Waals surface area contributed by atoms with Crippen LogP contribution < -0.4 is 4.72 Å². The van der Waals surface area contributed by atoms with Gasteiger partial charge in [0.25, 0.3) is 5.69 Å². The molecule has 2 rings (SSSR count). The standard InChI is InChI=1S/C13H16N2O4S/c16-15(17)12-7-9-13(10-8-12)20(18,19)14-11-5-3-1-2-4-6-11/h3,5,7-11,14H,1-2,4,6H2. The van der Waals surface area contributed by atoms with Gasteiger partial charge >= 0.3 is 0 Å². The van der Waals surface area contributed by atoms with Crippen molar-refractivity contribution in [2.24, 2.45) is 0 Å². The van der Waals surface area contributed by atoms with Gasteiger partial charge in [-0.3, -0.25) is 10.1 Å². The van der Waals surface area contributed by atoms with Crippen molar-refractivity contribution >= 4 is 15.7 Å². The zero-order valence-corrected chi connectivity index (χ0v) is 11.7. The van der Waals surface area contributed by atoms with Crippen molar-refractivity contribution in [2.45, 2.75) is 36.6 Å². The number of allylic oxidation sites excluding steroid dienone is 1. The molecular weight excluding hydrogens is 280 g/mol. The minimum absolute atomic E-state index is 0.0424. The third-order valence-electron chi connectivity index (χ3n) is 3.17. The lowest BCUT2D eigenvalue weighted by atomic mass is 10.2. The number of non-ortho nitro benzene ring substituents is 1. The van der Waals surface area contributed by atoms with Crippen molar-refractivity contribution in [1.82, 2.24) is 4.72 Å². The van der Waals surface area contributed by atoms with Crippen LogP contribution in [0, 0.1) is 10.1 Å². The molecule has 1 atom stereocenters. The maximum absolute atomic E-state index is 12.2. The molecule has 6 nitrogen and oxygen atoms in total. The summed E-state index contributed by atoms with van der Waals surface area (Å²) >= 11 is 0. The highest BCUT2D eigenvalue weighted by Crippen LogP contribution is 2.18. The quantitative estimate of drug-likeness (QED) is 0.525. The first-order valence-electron chi connectivity index (χ1n) is 6.42. The molecule has 1 aromatic carbocycles. The molecule has 0 aromatic heterocycles. The average molecular weight is 296 g/mol. The van der Waals surface area contributed by atoms with Gasteiger partial charge in [-0.2, -0.15) is 0 Å². The highest BCUT2D eigenvalue weighted by Gasteiger charge is 2.19. The maximum Gasteiger partial charge on any atom is 0.269 e. The highest BCUT2D eigenvalue weighted by molar-refractivity contribution is 7.89. The predicted octanol–water partition coefficient (Wildman–Crippen LogP) is 2.37. The van der Waals surface area contributed by atoms with E-state index in [1.807, 2.05) is 12.2 Å². The lowest BCUT2D eigenvalue weighted by molar-refractivity contribution is -0.384. The van der Waals surface area contributed by atoms with Crippen LogP contribution in [0.25, 0.3) is 0 Å². The van der Waals surface area contributed by atoms with Gasteiger partial charge in [-0.1, -0.05) is 18.6 Å². The molecule has 7 heteroatoms. The zero-order valence-electron chi connectivity index (χ0n) is 10.9. The second-order valence-corrected chi connectivity index (χ2v) is 6.41. The monoisotopic (exact) mass is 296 g/mol. The summed E-state index contributed by atoms with van der Waals surface area (Å²) in [6.45, 7) is 0. The largest absolute Gasteiger partial charge is 0.269 e. The molecule has 0 bridgehead atoms. The normalized spacial score (nSPS) is 19.5. The summed E-state index contributed by atoms with van der Waals surface area (Å²) in [4.78, 5) is 10.0. The van der Waals surface area contributed by atoms with Gasteiger partial charge in [0, 0.05) is 18.2 Å². The van der Waals surface area contributed by atoms with E-state index in [-0.39, 0.29) is 16.6 Å². The number of hydrogen-bond acceptors (Lipinski definition) is 4. The first kappa shape index (κ1) is 14.7. The number of rotatable bonds is 4. The number of nitrogens with one attached hydrogen (secondary N) is 1. The Hall–Kier alpha value is -1.73. The SMILES string of the molecule is O=[N+]([O-])c1ccc(S(=O)(=O)NC2C=CCCCC2)cc1. The Balaban J connectivity index is 2.15. The van der Waals surface area contributed by atoms with E-state index in [4.69, 9.17) is 0 Å². The Morgan fingerprint density at radius 3 is 2.55 bits per heavy atom. The third-order valence-corrected chi connectivity index (χ3v) is 4.67. The number of sulfonamides is 1. The van der Waals surface area contributed by atoms with Crippen molar-refractivity contribution in [1.29, 1.82) is 0 Å². The maximum atomic E-state index is 12.2. The van der Waals surface area contributed by atoms with Gasteiger partial charge in [0.1, 0.15) is 0 Å². The van der Waals surface area contributed by atoms with Crippen molar-refractivity contribution in [3.8, 4) is 0 Å². The van der Waals surface area contributed by atoms with Crippen molar-refractivity contribution in [2.75, 3.05) is 0 Å². The second kappa shape index (κ2) is 6.15. The summed E-state index contributed by atoms with van der Waals surface area (Å²) in [7, 11) is -3.64. The fraction of sp³-hybridized carbons (Fsp3) is 0.385. The molecule has 108 valence electrons. The van der Waals surface area contributed by atoms with E-state index < -0.39 is 14.9 Å². The molecule has 1 aromatic rings. The van der Waals surface area contributed by atoms with Gasteiger partial charge in [-0.25, -0.2) is 13.1 Å². The lowest BCUT2D eigenvalue weighted by Gasteiger charge is -2.13. The molecule has 1 unspecified atom stereocenters. The summed E-state index contributed by atoms with van der Waals surface area (Å²) in [6, 6.07) is 4.68. The van der Waals surface area contributed by atoms with E-state index >= 15 is 0 Å². The fourth-order valence-electron chi connectivity index (χ4n) is 2.10. The molecular formula is C13H16N2O4S. The number of nitro benzene ring substituents is 1. The van der Waals surface area contributed by atoms with Gasteiger partial charge in [0.05, 0.1) is 9.82 Å². The number of hydrogen-bond donors (Lipinski definition) is 1. The molecule has 1 N–H and O–H groups in total. The molecule has 0 spiro atoms. The second-order valence-electron chi connectivity index (χ2n) is 4.69. The van der Waals surface area contributed by atoms with Crippen molar-refractivity contribution < 1.29 is 13.3 Å². The van der Waals surface area contributed by atoms with Crippen molar-refractivity contribution in [3.05, 3.63) is 46.5 Å². The van der Waals surface area contributed by atoms with Crippen LogP contribution >= 0.6 is 0 Å². The minimum atomic E-state index is -3.64. The smallest absolute Gasteiger partial charge is 0.258 e. The Morgan fingerprint density at radius 1 is 1.20 bits per heavy atom. The molecule has 1 aliphatic rings. The Labute approximate surface area is 117 Å². The number of benzene rings is 1. The first-order valence-corrected chi connectivity index (χ1v) is 7.91. The van der Waals surface area contributed by atoms with E-state index in [0.717, 1.165) is 25.7 Å². The summed E-state index contributed by atoms with van der Waals surface area (Å²) in [5, 5.41) is 10.5. The Morgan fingerprint density at radius 2 is 1.90 bits per heavy atom. The minimum Gasteiger partial charge on any atom is -0.258 e. The van der Waals surface area contributed by atoms with Gasteiger partial charge in [-0.05, 0) is 31.4 Å². The highest BCUT2D eigenvalue weighted by atomic mass is 32.2. The van der Waals surface area contributed by atoms with Crippen LogP contribution in [0.2, 0.25) is 0 Å². The first-order chi connectivity index (χ1) is 9.49. The van der Waals surface area contributed by atoms with Crippen LogP contribution in [0.3, 0.4) is 0 Å². The van der Waals surface area contributed by atoms with E-state index in [0.29, 0.717) is 0 Å². The van der Waals surface area contributed by atoms with Gasteiger partial charge < -0.3 is 0 Å². The summed E-state index contributed by atoms with van der Waals surface area (Å²) in [6.07, 6.45) is 7.62. The molecule has 0 amide bonds. The molecule has 0 fully saturated rings. The van der Waals surface area contributed by atoms with E-state index in [1.165, 1.54) is 24.3 Å². The molecule has 0 saturated carbocycles. The Bertz CT molecular complexity index is 608. The molecule has 0 radical (unpaired) electrons. The molecule has 0 aliphatic heterocycles. The predicted molar refractivity (Wildman–Crippen MR) is 74.8 cm³/mol. The van der Waals surface area contributed by atoms with Crippen LogP contribution in [0.4, 0.5) is 5.69 Å². The molecule has 0 saturated heterocycles. The van der Waals surface area contributed by atoms with Crippen molar-refractivity contribution in [3.63, 3.8) is 0 Å². The Kier molecular flexibility index (Phi) is 4.51. The summed E-state index contributed by atoms with van der Waals surface area (Å²) < 4.78 is 27.0. The summed E-state index contributed by atoms with van der Waals surface area (Å²) in [5.41, 5.74) is -0.127. The molecule has 1 aliphatic carbocycles. The lowest BCUT2D eigenvalue weighted by Crippen LogP contribution is -2.33. The van der Waals surface area contributed by atoms with Crippen LogP contribution in [0.1, 0.15) is 25.7 Å². The number of nitro groups is 1. The topological polar surface area (TPSA) is 89.3 Å². The number of nitrogens with zero attached hydrogens (tertiary/aromatic N) is 1. The van der Waals surface area contributed by atoms with Gasteiger partial charge in [0.15, 0.2) is 0 Å². The van der Waals surface area contributed by atoms with E-state index in [1.54, 1.807) is 0 Å². The molecule has 0 heterocycles. The average Bonchev–Trinajstić information content (AvgIpc) is 2.67. The van der Waals surface area contributed by atoms with Crippen LogP contribution in [0.5, 0.6) is 0 Å². The van der Waals surface area contributed by atoms with Gasteiger partial charge in [0.2, 0.25) is 10.0 Å². The fourth-order valence-corrected chi connectivity index (χ4v) is 3.32. The molecule has 20 heavy (non-hydrogen) atoms. The van der Waals surface area contributed by atoms with Crippen LogP contribution in [-0.2, 0) is 10.0 Å². The zero-order chi connectivity index (χ0) is 14.6. The third kappa shape index (κ3) is 3.64. The van der Waals surface area contributed by atoms with Gasteiger partial charge in [-0.15, -0.1) is 0 Å². The van der Waals surface area contributed by atoms with Crippen LogP contribution in [-0.4, -0.2) is 19.4 Å². The van der Waals surface area contributed by atoms with E-state index in [2.05, 4.69) is 4.72 Å². The van der Waals surface area contributed by atoms with E-state index in [9.17, 15) is 18.5 Å². The summed E-state index contributed by atoms with van der Waals surface area (Å²) in [5.74, 6) is 0. The van der Waals surface area contributed by atoms with Crippen LogP contribution in [0.15, 0.2) is 41.3 Å².